The van der Waals surface area contributed by atoms with E-state index in [0.717, 1.165) is 12.0 Å². The van der Waals surface area contributed by atoms with Crippen LogP contribution in [0.25, 0.3) is 0 Å². The summed E-state index contributed by atoms with van der Waals surface area (Å²) in [5.74, 6) is 5.36. The zero-order valence-corrected chi connectivity index (χ0v) is 12.3. The maximum atomic E-state index is 12.4. The first-order valence-electron chi connectivity index (χ1n) is 6.55. The molecule has 0 atom stereocenters. The minimum Gasteiger partial charge on any atom is -0.385 e. The van der Waals surface area contributed by atoms with Gasteiger partial charge in [0.05, 0.1) is 5.56 Å². The average molecular weight is 275 g/mol. The van der Waals surface area contributed by atoms with Crippen LogP contribution in [0.3, 0.4) is 0 Å². The Morgan fingerprint density at radius 2 is 2.20 bits per heavy atom. The van der Waals surface area contributed by atoms with Crippen molar-refractivity contribution in [2.45, 2.75) is 13.3 Å². The van der Waals surface area contributed by atoms with Crippen molar-refractivity contribution in [2.75, 3.05) is 33.9 Å². The van der Waals surface area contributed by atoms with Crippen molar-refractivity contribution in [3.8, 4) is 11.8 Å². The number of methoxy groups -OCH3 is 1. The number of carbonyl (C=O) groups is 1. The average Bonchev–Trinajstić information content (AvgIpc) is 2.44. The van der Waals surface area contributed by atoms with Crippen molar-refractivity contribution < 1.29 is 14.6 Å². The van der Waals surface area contributed by atoms with E-state index in [1.54, 1.807) is 25.1 Å². The summed E-state index contributed by atoms with van der Waals surface area (Å²) in [5, 5.41) is 8.80. The molecule has 0 aliphatic carbocycles. The zero-order valence-electron chi connectivity index (χ0n) is 12.3. The minimum atomic E-state index is -0.217. The van der Waals surface area contributed by atoms with Gasteiger partial charge < -0.3 is 14.7 Å². The number of benzene rings is 1. The first kappa shape index (κ1) is 16.2. The SMILES string of the molecule is COCCCN(C)C(=O)c1ccc(C)cc1C#CCO. The zero-order chi connectivity index (χ0) is 15.0. The topological polar surface area (TPSA) is 49.8 Å². The van der Waals surface area contributed by atoms with Gasteiger partial charge in [0, 0.05) is 32.9 Å². The van der Waals surface area contributed by atoms with E-state index in [-0.39, 0.29) is 12.5 Å². The fourth-order valence-corrected chi connectivity index (χ4v) is 1.84. The summed E-state index contributed by atoms with van der Waals surface area (Å²) in [5.41, 5.74) is 2.25. The molecule has 0 aromatic heterocycles. The normalized spacial score (nSPS) is 9.80. The molecule has 0 saturated carbocycles. The van der Waals surface area contributed by atoms with Crippen LogP contribution in [0.5, 0.6) is 0 Å². The van der Waals surface area contributed by atoms with E-state index in [9.17, 15) is 4.79 Å². The number of amides is 1. The molecule has 4 nitrogen and oxygen atoms in total. The van der Waals surface area contributed by atoms with Crippen LogP contribution in [0.1, 0.15) is 27.9 Å². The Kier molecular flexibility index (Phi) is 6.78. The van der Waals surface area contributed by atoms with Crippen molar-refractivity contribution in [3.63, 3.8) is 0 Å². The summed E-state index contributed by atoms with van der Waals surface area (Å²) in [6, 6.07) is 5.53. The third-order valence-electron chi connectivity index (χ3n) is 2.90. The molecule has 0 radical (unpaired) electrons. The maximum absolute atomic E-state index is 12.4. The van der Waals surface area contributed by atoms with Gasteiger partial charge in [-0.25, -0.2) is 0 Å². The van der Waals surface area contributed by atoms with Gasteiger partial charge in [-0.3, -0.25) is 4.79 Å². The van der Waals surface area contributed by atoms with Crippen LogP contribution in [0.4, 0.5) is 0 Å². The summed E-state index contributed by atoms with van der Waals surface area (Å²) >= 11 is 0. The van der Waals surface area contributed by atoms with Crippen LogP contribution in [0.2, 0.25) is 0 Å². The summed E-state index contributed by atoms with van der Waals surface area (Å²) in [7, 11) is 3.41. The largest absolute Gasteiger partial charge is 0.385 e. The van der Waals surface area contributed by atoms with Crippen molar-refractivity contribution in [1.29, 1.82) is 0 Å². The monoisotopic (exact) mass is 275 g/mol. The van der Waals surface area contributed by atoms with Gasteiger partial charge in [0.1, 0.15) is 6.61 Å². The molecule has 20 heavy (non-hydrogen) atoms. The van der Waals surface area contributed by atoms with Crippen LogP contribution in [-0.2, 0) is 4.74 Å². The Morgan fingerprint density at radius 3 is 2.85 bits per heavy atom. The highest BCUT2D eigenvalue weighted by Crippen LogP contribution is 2.13. The molecule has 1 aromatic carbocycles. The summed E-state index contributed by atoms with van der Waals surface area (Å²) in [4.78, 5) is 14.0. The predicted molar refractivity (Wildman–Crippen MR) is 78.6 cm³/mol. The number of carbonyl (C=O) groups excluding carboxylic acids is 1. The van der Waals surface area contributed by atoms with Crippen LogP contribution in [-0.4, -0.2) is 49.8 Å². The third-order valence-corrected chi connectivity index (χ3v) is 2.90. The molecule has 0 spiro atoms. The molecule has 0 heterocycles. The predicted octanol–water partition coefficient (Wildman–Crippen LogP) is 1.45. The molecular weight excluding hydrogens is 254 g/mol. The number of nitrogens with zero attached hydrogens (tertiary/aromatic N) is 1. The number of rotatable bonds is 5. The van der Waals surface area contributed by atoms with Gasteiger partial charge in [-0.2, -0.15) is 0 Å². The Labute approximate surface area is 120 Å². The lowest BCUT2D eigenvalue weighted by Crippen LogP contribution is -2.29. The van der Waals surface area contributed by atoms with Crippen LogP contribution >= 0.6 is 0 Å². The smallest absolute Gasteiger partial charge is 0.254 e. The van der Waals surface area contributed by atoms with E-state index in [1.165, 1.54) is 0 Å². The lowest BCUT2D eigenvalue weighted by molar-refractivity contribution is 0.0779. The van der Waals surface area contributed by atoms with Gasteiger partial charge in [-0.15, -0.1) is 0 Å². The van der Waals surface area contributed by atoms with Crippen LogP contribution in [0, 0.1) is 18.8 Å². The Morgan fingerprint density at radius 1 is 1.45 bits per heavy atom. The summed E-state index contributed by atoms with van der Waals surface area (Å²) in [6.45, 7) is 2.99. The molecule has 1 N–H and O–H groups in total. The number of aryl methyl sites for hydroxylation is 1. The Balaban J connectivity index is 2.91. The maximum Gasteiger partial charge on any atom is 0.254 e. The number of hydrogen-bond acceptors (Lipinski definition) is 3. The Bertz CT molecular complexity index is 514. The van der Waals surface area contributed by atoms with E-state index < -0.39 is 0 Å². The van der Waals surface area contributed by atoms with E-state index in [4.69, 9.17) is 9.84 Å². The fraction of sp³-hybridized carbons (Fsp3) is 0.438. The first-order valence-corrected chi connectivity index (χ1v) is 6.55. The quantitative estimate of drug-likeness (QED) is 0.653. The molecule has 0 saturated heterocycles. The molecule has 1 amide bonds. The van der Waals surface area contributed by atoms with Gasteiger partial charge in [-0.1, -0.05) is 17.9 Å². The van der Waals surface area contributed by atoms with Crippen LogP contribution < -0.4 is 0 Å². The van der Waals surface area contributed by atoms with Gasteiger partial charge in [0.15, 0.2) is 0 Å². The van der Waals surface area contributed by atoms with Crippen molar-refractivity contribution in [2.24, 2.45) is 0 Å². The fourth-order valence-electron chi connectivity index (χ4n) is 1.84. The lowest BCUT2D eigenvalue weighted by atomic mass is 10.0. The second kappa shape index (κ2) is 8.36. The molecule has 1 aromatic rings. The van der Waals surface area contributed by atoms with Gasteiger partial charge in [-0.05, 0) is 31.0 Å². The second-order valence-electron chi connectivity index (χ2n) is 4.58. The standard InChI is InChI=1S/C16H21NO3/c1-13-7-8-15(14(12-13)6-4-10-18)16(19)17(2)9-5-11-20-3/h7-8,12,18H,5,9-11H2,1-3H3. The van der Waals surface area contributed by atoms with Gasteiger partial charge in [0.25, 0.3) is 5.91 Å². The van der Waals surface area contributed by atoms with E-state index in [1.807, 2.05) is 19.1 Å². The molecule has 0 unspecified atom stereocenters. The van der Waals surface area contributed by atoms with Gasteiger partial charge in [0.2, 0.25) is 0 Å². The molecular formula is C16H21NO3. The van der Waals surface area contributed by atoms with E-state index in [0.29, 0.717) is 24.3 Å². The van der Waals surface area contributed by atoms with Crippen molar-refractivity contribution in [3.05, 3.63) is 34.9 Å². The molecule has 0 bridgehead atoms. The number of hydrogen-bond donors (Lipinski definition) is 1. The highest BCUT2D eigenvalue weighted by Gasteiger charge is 2.14. The van der Waals surface area contributed by atoms with E-state index >= 15 is 0 Å². The highest BCUT2D eigenvalue weighted by atomic mass is 16.5. The molecule has 0 aliphatic rings. The van der Waals surface area contributed by atoms with Crippen LogP contribution in [0.15, 0.2) is 18.2 Å². The molecule has 4 heteroatoms. The number of aliphatic hydroxyl groups excluding tert-OH is 1. The molecule has 0 aliphatic heterocycles. The summed E-state index contributed by atoms with van der Waals surface area (Å²) in [6.07, 6.45) is 0.794. The summed E-state index contributed by atoms with van der Waals surface area (Å²) < 4.78 is 4.98. The first-order chi connectivity index (χ1) is 9.60. The second-order valence-corrected chi connectivity index (χ2v) is 4.58. The molecule has 0 fully saturated rings. The highest BCUT2D eigenvalue weighted by molar-refractivity contribution is 5.96. The molecule has 108 valence electrons. The minimum absolute atomic E-state index is 0.0663. The number of aliphatic hydroxyl groups is 1. The Hall–Kier alpha value is -1.83. The van der Waals surface area contributed by atoms with E-state index in [2.05, 4.69) is 11.8 Å². The third kappa shape index (κ3) is 4.69. The number of ether oxygens (including phenoxy) is 1. The van der Waals surface area contributed by atoms with Gasteiger partial charge >= 0.3 is 0 Å². The van der Waals surface area contributed by atoms with Crippen molar-refractivity contribution >= 4 is 5.91 Å². The molecule has 1 rings (SSSR count). The van der Waals surface area contributed by atoms with Crippen molar-refractivity contribution in [1.82, 2.24) is 4.90 Å². The lowest BCUT2D eigenvalue weighted by Gasteiger charge is -2.18.